The Morgan fingerprint density at radius 1 is 1.31 bits per heavy atom. The molecule has 1 aliphatic carbocycles. The van der Waals surface area contributed by atoms with E-state index in [4.69, 9.17) is 4.42 Å². The molecular formula is C13H14BrNO. The van der Waals surface area contributed by atoms with Crippen molar-refractivity contribution in [3.8, 4) is 0 Å². The standard InChI is InChI=1S/C13H14BrNO/c1-15-11-5-9(6-11)13-7-8-4-10(14)2-3-12(8)16-13/h2-4,7,9,11,15H,5-6H2,1H3. The van der Waals surface area contributed by atoms with E-state index in [1.807, 2.05) is 19.2 Å². The van der Waals surface area contributed by atoms with E-state index in [1.165, 1.54) is 18.2 Å². The van der Waals surface area contributed by atoms with Crippen LogP contribution in [0.25, 0.3) is 11.0 Å². The lowest BCUT2D eigenvalue weighted by Gasteiger charge is -2.33. The van der Waals surface area contributed by atoms with Crippen molar-refractivity contribution in [2.75, 3.05) is 7.05 Å². The number of halogens is 1. The topological polar surface area (TPSA) is 25.2 Å². The van der Waals surface area contributed by atoms with Crippen molar-refractivity contribution in [3.63, 3.8) is 0 Å². The monoisotopic (exact) mass is 279 g/mol. The Bertz CT molecular complexity index is 514. The van der Waals surface area contributed by atoms with Crippen molar-refractivity contribution in [3.05, 3.63) is 34.5 Å². The van der Waals surface area contributed by atoms with E-state index in [0.29, 0.717) is 12.0 Å². The second-order valence-electron chi connectivity index (χ2n) is 4.48. The summed E-state index contributed by atoms with van der Waals surface area (Å²) in [5.41, 5.74) is 0.992. The molecule has 2 aromatic rings. The van der Waals surface area contributed by atoms with Gasteiger partial charge in [0.2, 0.25) is 0 Å². The van der Waals surface area contributed by atoms with Gasteiger partial charge in [0.1, 0.15) is 11.3 Å². The minimum atomic E-state index is 0.601. The third kappa shape index (κ3) is 1.68. The third-order valence-electron chi connectivity index (χ3n) is 3.45. The number of furan rings is 1. The van der Waals surface area contributed by atoms with Gasteiger partial charge < -0.3 is 9.73 Å². The molecule has 0 atom stereocenters. The van der Waals surface area contributed by atoms with E-state index in [0.717, 1.165) is 15.8 Å². The minimum Gasteiger partial charge on any atom is -0.461 e. The van der Waals surface area contributed by atoms with Crippen LogP contribution in [-0.4, -0.2) is 13.1 Å². The number of hydrogen-bond acceptors (Lipinski definition) is 2. The van der Waals surface area contributed by atoms with Gasteiger partial charge in [-0.05, 0) is 44.2 Å². The summed E-state index contributed by atoms with van der Waals surface area (Å²) in [5.74, 6) is 1.74. The van der Waals surface area contributed by atoms with Crippen LogP contribution in [0, 0.1) is 0 Å². The summed E-state index contributed by atoms with van der Waals surface area (Å²) in [5, 5.41) is 4.49. The van der Waals surface area contributed by atoms with Crippen molar-refractivity contribution in [2.24, 2.45) is 0 Å². The van der Waals surface area contributed by atoms with Crippen LogP contribution in [0.2, 0.25) is 0 Å². The van der Waals surface area contributed by atoms with E-state index in [9.17, 15) is 0 Å². The molecule has 0 saturated heterocycles. The number of hydrogen-bond donors (Lipinski definition) is 1. The fourth-order valence-corrected chi connectivity index (χ4v) is 2.70. The Balaban J connectivity index is 1.89. The van der Waals surface area contributed by atoms with Gasteiger partial charge in [0.15, 0.2) is 0 Å². The molecule has 1 heterocycles. The van der Waals surface area contributed by atoms with Gasteiger partial charge >= 0.3 is 0 Å². The molecule has 1 aliphatic rings. The highest BCUT2D eigenvalue weighted by atomic mass is 79.9. The minimum absolute atomic E-state index is 0.601. The number of nitrogens with one attached hydrogen (secondary N) is 1. The number of fused-ring (bicyclic) bond motifs is 1. The quantitative estimate of drug-likeness (QED) is 0.908. The normalized spacial score (nSPS) is 24.6. The summed E-state index contributed by atoms with van der Waals surface area (Å²) in [6.45, 7) is 0. The first kappa shape index (κ1) is 10.4. The zero-order chi connectivity index (χ0) is 11.1. The molecular weight excluding hydrogens is 266 g/mol. The van der Waals surface area contributed by atoms with Crippen LogP contribution in [0.5, 0.6) is 0 Å². The first-order valence-electron chi connectivity index (χ1n) is 5.62. The SMILES string of the molecule is CNC1CC(c2cc3cc(Br)ccc3o2)C1. The molecule has 3 rings (SSSR count). The maximum absolute atomic E-state index is 5.87. The van der Waals surface area contributed by atoms with Crippen molar-refractivity contribution >= 4 is 26.9 Å². The molecule has 0 spiro atoms. The predicted molar refractivity (Wildman–Crippen MR) is 68.7 cm³/mol. The van der Waals surface area contributed by atoms with Crippen LogP contribution < -0.4 is 5.32 Å². The van der Waals surface area contributed by atoms with Gasteiger partial charge in [0.05, 0.1) is 0 Å². The molecule has 0 unspecified atom stereocenters. The van der Waals surface area contributed by atoms with Crippen LogP contribution in [0.4, 0.5) is 0 Å². The Morgan fingerprint density at radius 3 is 2.88 bits per heavy atom. The van der Waals surface area contributed by atoms with Crippen molar-refractivity contribution in [1.29, 1.82) is 0 Å². The van der Waals surface area contributed by atoms with Gasteiger partial charge in [-0.1, -0.05) is 15.9 Å². The molecule has 0 radical (unpaired) electrons. The van der Waals surface area contributed by atoms with Crippen LogP contribution in [-0.2, 0) is 0 Å². The molecule has 1 saturated carbocycles. The largest absolute Gasteiger partial charge is 0.461 e. The Kier molecular flexibility index (Phi) is 2.52. The average molecular weight is 280 g/mol. The summed E-state index contributed by atoms with van der Waals surface area (Å²) >= 11 is 3.48. The maximum Gasteiger partial charge on any atom is 0.134 e. The van der Waals surface area contributed by atoms with Crippen molar-refractivity contribution in [2.45, 2.75) is 24.8 Å². The lowest BCUT2D eigenvalue weighted by Crippen LogP contribution is -2.37. The summed E-state index contributed by atoms with van der Waals surface area (Å²) < 4.78 is 6.98. The first-order valence-corrected chi connectivity index (χ1v) is 6.42. The first-order chi connectivity index (χ1) is 7.76. The van der Waals surface area contributed by atoms with Gasteiger partial charge in [0.25, 0.3) is 0 Å². The summed E-state index contributed by atoms with van der Waals surface area (Å²) in [6.07, 6.45) is 2.38. The van der Waals surface area contributed by atoms with Crippen molar-refractivity contribution < 1.29 is 4.42 Å². The Labute approximate surface area is 103 Å². The van der Waals surface area contributed by atoms with E-state index in [-0.39, 0.29) is 0 Å². The summed E-state index contributed by atoms with van der Waals surface area (Å²) in [4.78, 5) is 0. The number of benzene rings is 1. The van der Waals surface area contributed by atoms with Crippen molar-refractivity contribution in [1.82, 2.24) is 5.32 Å². The van der Waals surface area contributed by atoms with Crippen LogP contribution in [0.1, 0.15) is 24.5 Å². The second kappa shape index (κ2) is 3.90. The molecule has 1 aromatic heterocycles. The molecule has 0 bridgehead atoms. The number of rotatable bonds is 2. The second-order valence-corrected chi connectivity index (χ2v) is 5.40. The molecule has 1 N–H and O–H groups in total. The predicted octanol–water partition coefficient (Wildman–Crippen LogP) is 3.66. The zero-order valence-corrected chi connectivity index (χ0v) is 10.8. The lowest BCUT2D eigenvalue weighted by molar-refractivity contribution is 0.275. The van der Waals surface area contributed by atoms with E-state index < -0.39 is 0 Å². The molecule has 16 heavy (non-hydrogen) atoms. The maximum atomic E-state index is 5.87. The van der Waals surface area contributed by atoms with Crippen LogP contribution in [0.3, 0.4) is 0 Å². The molecule has 0 aliphatic heterocycles. The zero-order valence-electron chi connectivity index (χ0n) is 9.16. The Morgan fingerprint density at radius 2 is 2.12 bits per heavy atom. The smallest absolute Gasteiger partial charge is 0.134 e. The highest BCUT2D eigenvalue weighted by Gasteiger charge is 2.31. The molecule has 1 aromatic carbocycles. The van der Waals surface area contributed by atoms with Crippen LogP contribution >= 0.6 is 15.9 Å². The summed E-state index contributed by atoms with van der Waals surface area (Å²) in [7, 11) is 2.02. The highest BCUT2D eigenvalue weighted by Crippen LogP contribution is 2.39. The van der Waals surface area contributed by atoms with Crippen LogP contribution in [0.15, 0.2) is 33.2 Å². The van der Waals surface area contributed by atoms with Gasteiger partial charge in [0, 0.05) is 21.8 Å². The fraction of sp³-hybridized carbons (Fsp3) is 0.385. The molecule has 0 amide bonds. The summed E-state index contributed by atoms with van der Waals surface area (Å²) in [6, 6.07) is 9.00. The fourth-order valence-electron chi connectivity index (χ4n) is 2.32. The van der Waals surface area contributed by atoms with E-state index in [2.05, 4.69) is 33.4 Å². The molecule has 2 nitrogen and oxygen atoms in total. The Hall–Kier alpha value is -0.800. The van der Waals surface area contributed by atoms with Gasteiger partial charge in [-0.15, -0.1) is 0 Å². The molecule has 84 valence electrons. The van der Waals surface area contributed by atoms with Gasteiger partial charge in [-0.2, -0.15) is 0 Å². The third-order valence-corrected chi connectivity index (χ3v) is 3.94. The average Bonchev–Trinajstić information content (AvgIpc) is 2.58. The van der Waals surface area contributed by atoms with Gasteiger partial charge in [-0.3, -0.25) is 0 Å². The molecule has 3 heteroatoms. The van der Waals surface area contributed by atoms with E-state index in [1.54, 1.807) is 0 Å². The highest BCUT2D eigenvalue weighted by molar-refractivity contribution is 9.10. The lowest BCUT2D eigenvalue weighted by atomic mass is 9.79. The van der Waals surface area contributed by atoms with E-state index >= 15 is 0 Å². The van der Waals surface area contributed by atoms with Gasteiger partial charge in [-0.25, -0.2) is 0 Å². The molecule has 1 fully saturated rings.